The molecule has 0 spiro atoms. The van der Waals surface area contributed by atoms with E-state index in [9.17, 15) is 36.3 Å². The van der Waals surface area contributed by atoms with Crippen molar-refractivity contribution < 1.29 is 45.8 Å². The van der Waals surface area contributed by atoms with Gasteiger partial charge in [-0.25, -0.2) is 0 Å². The van der Waals surface area contributed by atoms with Gasteiger partial charge < -0.3 is 25.0 Å². The van der Waals surface area contributed by atoms with Crippen LogP contribution in [-0.4, -0.2) is 62.7 Å². The average Bonchev–Trinajstić information content (AvgIpc) is 3.08. The number of nitrogens with one attached hydrogen (secondary N) is 2. The quantitative estimate of drug-likeness (QED) is 0.192. The summed E-state index contributed by atoms with van der Waals surface area (Å²) in [6.45, 7) is -1.59. The van der Waals surface area contributed by atoms with E-state index in [1.54, 1.807) is 48.5 Å². The van der Waals surface area contributed by atoms with Gasteiger partial charge in [-0.3, -0.25) is 14.4 Å². The molecule has 1 heterocycles. The second-order valence-corrected chi connectivity index (χ2v) is 9.61. The molecule has 2 N–H and O–H groups in total. The van der Waals surface area contributed by atoms with E-state index >= 15 is 0 Å². The summed E-state index contributed by atoms with van der Waals surface area (Å²) in [6, 6.07) is 21.8. The van der Waals surface area contributed by atoms with E-state index in [0.717, 1.165) is 12.7 Å². The maximum atomic E-state index is 14.0. The number of anilines is 1. The summed E-state index contributed by atoms with van der Waals surface area (Å²) in [5.41, 5.74) is 3.13. The van der Waals surface area contributed by atoms with Crippen LogP contribution in [0.15, 0.2) is 78.9 Å². The van der Waals surface area contributed by atoms with Gasteiger partial charge in [-0.05, 0) is 22.8 Å². The van der Waals surface area contributed by atoms with E-state index < -0.39 is 48.5 Å². The summed E-state index contributed by atoms with van der Waals surface area (Å²) in [6.07, 6.45) is -8.04. The molecule has 3 aromatic rings. The Balaban J connectivity index is 1.57. The van der Waals surface area contributed by atoms with Crippen LogP contribution in [0.2, 0.25) is 0 Å². The van der Waals surface area contributed by atoms with Crippen molar-refractivity contribution >= 4 is 23.4 Å². The second kappa shape index (κ2) is 13.3. The first kappa shape index (κ1) is 31.6. The Morgan fingerprint density at radius 2 is 1.51 bits per heavy atom. The first-order valence-electron chi connectivity index (χ1n) is 13.1. The van der Waals surface area contributed by atoms with E-state index in [-0.39, 0.29) is 13.2 Å². The zero-order valence-corrected chi connectivity index (χ0v) is 22.9. The van der Waals surface area contributed by atoms with Crippen molar-refractivity contribution in [3.05, 3.63) is 90.0 Å². The molecule has 1 aliphatic rings. The van der Waals surface area contributed by atoms with Crippen molar-refractivity contribution in [3.8, 4) is 11.1 Å². The van der Waals surface area contributed by atoms with Crippen LogP contribution in [0.1, 0.15) is 17.2 Å². The first-order chi connectivity index (χ1) is 20.4. The predicted molar refractivity (Wildman–Crippen MR) is 146 cm³/mol. The van der Waals surface area contributed by atoms with Gasteiger partial charge in [0.05, 0.1) is 25.4 Å². The van der Waals surface area contributed by atoms with Crippen LogP contribution in [0, 0.1) is 0 Å². The minimum atomic E-state index is -5.91. The molecular formula is C30H28F5N3O5. The molecule has 13 heteroatoms. The second-order valence-electron chi connectivity index (χ2n) is 9.61. The van der Waals surface area contributed by atoms with Crippen LogP contribution in [0.5, 0.6) is 0 Å². The van der Waals surface area contributed by atoms with Crippen LogP contribution in [0.3, 0.4) is 0 Å². The van der Waals surface area contributed by atoms with Gasteiger partial charge in [-0.2, -0.15) is 22.0 Å². The van der Waals surface area contributed by atoms with Gasteiger partial charge in [0.15, 0.2) is 0 Å². The highest BCUT2D eigenvalue weighted by Crippen LogP contribution is 2.40. The molecule has 0 aromatic heterocycles. The van der Waals surface area contributed by atoms with Crippen LogP contribution in [-0.2, 0) is 30.5 Å². The number of alkyl halides is 5. The Morgan fingerprint density at radius 3 is 2.19 bits per heavy atom. The Morgan fingerprint density at radius 1 is 0.884 bits per heavy atom. The van der Waals surface area contributed by atoms with E-state index in [0.29, 0.717) is 29.0 Å². The number of carbonyl (C=O) groups is 3. The van der Waals surface area contributed by atoms with Gasteiger partial charge in [-0.15, -0.1) is 0 Å². The molecule has 1 aliphatic heterocycles. The zero-order chi connectivity index (χ0) is 31.2. The molecule has 8 nitrogen and oxygen atoms in total. The molecular weight excluding hydrogens is 577 g/mol. The number of ether oxygens (including phenoxy) is 2. The third-order valence-corrected chi connectivity index (χ3v) is 6.74. The van der Waals surface area contributed by atoms with Crippen molar-refractivity contribution in [1.82, 2.24) is 10.6 Å². The average molecular weight is 606 g/mol. The first-order valence-corrected chi connectivity index (χ1v) is 13.1. The highest BCUT2D eigenvalue weighted by molar-refractivity contribution is 6.09. The van der Waals surface area contributed by atoms with Crippen molar-refractivity contribution in [3.63, 3.8) is 0 Å². The molecule has 0 bridgehead atoms. The van der Waals surface area contributed by atoms with E-state index in [2.05, 4.69) is 5.32 Å². The van der Waals surface area contributed by atoms with Crippen LogP contribution >= 0.6 is 0 Å². The minimum absolute atomic E-state index is 0.0871. The predicted octanol–water partition coefficient (Wildman–Crippen LogP) is 4.40. The number of methoxy groups -OCH3 is 1. The highest BCUT2D eigenvalue weighted by atomic mass is 19.4. The fraction of sp³-hybridized carbons (Fsp3) is 0.300. The normalized spacial score (nSPS) is 15.6. The van der Waals surface area contributed by atoms with Crippen molar-refractivity contribution in [2.24, 2.45) is 0 Å². The molecule has 3 aromatic carbocycles. The summed E-state index contributed by atoms with van der Waals surface area (Å²) in [7, 11) is 0.904. The molecule has 0 aliphatic carbocycles. The Bertz CT molecular complexity index is 1450. The Kier molecular flexibility index (Phi) is 9.77. The number of fused-ring (bicyclic) bond motifs is 3. The fourth-order valence-electron chi connectivity index (χ4n) is 4.57. The number of benzene rings is 3. The van der Waals surface area contributed by atoms with Gasteiger partial charge >= 0.3 is 12.1 Å². The van der Waals surface area contributed by atoms with E-state index in [4.69, 9.17) is 9.47 Å². The molecule has 0 saturated carbocycles. The monoisotopic (exact) mass is 605 g/mol. The molecule has 3 amide bonds. The van der Waals surface area contributed by atoms with E-state index in [1.807, 2.05) is 30.3 Å². The summed E-state index contributed by atoms with van der Waals surface area (Å²) < 4.78 is 74.9. The highest BCUT2D eigenvalue weighted by Gasteiger charge is 2.57. The number of rotatable bonds is 11. The third kappa shape index (κ3) is 7.17. The molecule has 0 radical (unpaired) electrons. The lowest BCUT2D eigenvalue weighted by Crippen LogP contribution is -2.53. The van der Waals surface area contributed by atoms with Gasteiger partial charge in [0.2, 0.25) is 6.10 Å². The van der Waals surface area contributed by atoms with Crippen LogP contribution in [0.4, 0.5) is 27.6 Å². The zero-order valence-electron chi connectivity index (χ0n) is 22.9. The van der Waals surface area contributed by atoms with Gasteiger partial charge in [-0.1, -0.05) is 72.8 Å². The molecule has 4 rings (SSSR count). The summed E-state index contributed by atoms with van der Waals surface area (Å²) in [5.74, 6) is -8.57. The number of hydrogen-bond acceptors (Lipinski definition) is 5. The molecule has 0 saturated heterocycles. The van der Waals surface area contributed by atoms with Crippen molar-refractivity contribution in [2.75, 3.05) is 31.7 Å². The SMILES string of the molecule is CO[C@@H](C(=O)NCC(F)(F)C(F)(F)F)C(=O)NC1C(=O)N(CCOCc2ccccc2)c2ccccc2-c2ccccc21. The number of amides is 3. The lowest BCUT2D eigenvalue weighted by atomic mass is 9.95. The number of carbonyl (C=O) groups excluding carboxylic acids is 3. The number of halogens is 5. The molecule has 1 unspecified atom stereocenters. The lowest BCUT2D eigenvalue weighted by Gasteiger charge is -2.27. The summed E-state index contributed by atoms with van der Waals surface area (Å²) >= 11 is 0. The number of hydrogen-bond donors (Lipinski definition) is 2. The Labute approximate surface area is 243 Å². The molecule has 228 valence electrons. The van der Waals surface area contributed by atoms with Gasteiger partial charge in [0.1, 0.15) is 6.04 Å². The van der Waals surface area contributed by atoms with Crippen LogP contribution in [0.25, 0.3) is 11.1 Å². The maximum Gasteiger partial charge on any atom is 0.455 e. The largest absolute Gasteiger partial charge is 0.455 e. The number of para-hydroxylation sites is 1. The van der Waals surface area contributed by atoms with Crippen molar-refractivity contribution in [2.45, 2.75) is 30.9 Å². The number of nitrogens with zero attached hydrogens (tertiary/aromatic N) is 1. The Hall–Kier alpha value is -4.36. The topological polar surface area (TPSA) is 97.0 Å². The standard InChI is InChI=1S/C30H28F5N3O5/c1-42-25(26(39)36-18-29(31,32)30(33,34)35)27(40)37-24-22-13-6-5-11-20(22)21-12-7-8-14-23(21)38(28(24)41)15-16-43-17-19-9-3-2-4-10-19/h2-14,24-25H,15-18H2,1H3,(H,36,39)(H,37,40)/t24?,25-/m0/s1. The lowest BCUT2D eigenvalue weighted by molar-refractivity contribution is -0.278. The van der Waals surface area contributed by atoms with Crippen LogP contribution < -0.4 is 15.5 Å². The summed E-state index contributed by atoms with van der Waals surface area (Å²) in [4.78, 5) is 41.1. The van der Waals surface area contributed by atoms with Gasteiger partial charge in [0.25, 0.3) is 17.7 Å². The fourth-order valence-corrected chi connectivity index (χ4v) is 4.57. The van der Waals surface area contributed by atoms with Crippen molar-refractivity contribution in [1.29, 1.82) is 0 Å². The van der Waals surface area contributed by atoms with Gasteiger partial charge in [0, 0.05) is 19.2 Å². The molecule has 43 heavy (non-hydrogen) atoms. The molecule has 0 fully saturated rings. The third-order valence-electron chi connectivity index (χ3n) is 6.74. The maximum absolute atomic E-state index is 14.0. The summed E-state index contributed by atoms with van der Waals surface area (Å²) in [5, 5.41) is 3.84. The smallest absolute Gasteiger partial charge is 0.375 e. The van der Waals surface area contributed by atoms with E-state index in [1.165, 1.54) is 10.2 Å². The minimum Gasteiger partial charge on any atom is -0.375 e. The molecule has 2 atom stereocenters.